The number of hydrogen-bond acceptors (Lipinski definition) is 4. The zero-order valence-electron chi connectivity index (χ0n) is 15.4. The molecule has 25 heavy (non-hydrogen) atoms. The average molecular weight is 349 g/mol. The van der Waals surface area contributed by atoms with Crippen LogP contribution in [-0.2, 0) is 4.74 Å². The van der Waals surface area contributed by atoms with E-state index in [-0.39, 0.29) is 23.9 Å². The maximum atomic E-state index is 14.6. The summed E-state index contributed by atoms with van der Waals surface area (Å²) >= 11 is 0. The summed E-state index contributed by atoms with van der Waals surface area (Å²) in [7, 11) is 0. The van der Waals surface area contributed by atoms with E-state index in [1.54, 1.807) is 17.0 Å². The van der Waals surface area contributed by atoms with Gasteiger partial charge in [-0.15, -0.1) is 0 Å². The van der Waals surface area contributed by atoms with E-state index in [0.29, 0.717) is 24.3 Å². The number of carbonyl (C=O) groups is 1. The van der Waals surface area contributed by atoms with E-state index in [2.05, 4.69) is 16.7 Å². The van der Waals surface area contributed by atoms with Gasteiger partial charge in [0, 0.05) is 44.8 Å². The topological polar surface area (TPSA) is 36.0 Å². The summed E-state index contributed by atoms with van der Waals surface area (Å²) in [5, 5.41) is 0. The van der Waals surface area contributed by atoms with Gasteiger partial charge in [0.2, 0.25) is 0 Å². The first-order valence-electron chi connectivity index (χ1n) is 9.19. The first-order chi connectivity index (χ1) is 12.0. The molecule has 1 aromatic rings. The number of morpholine rings is 1. The largest absolute Gasteiger partial charge is 0.372 e. The Balaban J connectivity index is 1.70. The quantitative estimate of drug-likeness (QED) is 0.838. The lowest BCUT2D eigenvalue weighted by molar-refractivity contribution is -0.0586. The Hall–Kier alpha value is -1.66. The molecule has 5 nitrogen and oxygen atoms in total. The smallest absolute Gasteiger partial charge is 0.254 e. The predicted molar refractivity (Wildman–Crippen MR) is 96.6 cm³/mol. The van der Waals surface area contributed by atoms with Crippen LogP contribution in [0.15, 0.2) is 18.2 Å². The van der Waals surface area contributed by atoms with Gasteiger partial charge in [0.05, 0.1) is 17.9 Å². The number of ether oxygens (including phenoxy) is 1. The standard InChI is InChI=1S/C19H28FN3O2/c1-4-21-7-9-22(10-8-21)18-6-5-16(11-17(18)20)19(24)23-12-14(2)25-15(3)13-23/h5-6,11,14-15H,4,7-10,12-13H2,1-3H3/t14-,15+. The van der Waals surface area contributed by atoms with Crippen molar-refractivity contribution in [2.45, 2.75) is 33.0 Å². The fraction of sp³-hybridized carbons (Fsp3) is 0.632. The Morgan fingerprint density at radius 3 is 2.36 bits per heavy atom. The molecule has 2 saturated heterocycles. The van der Waals surface area contributed by atoms with Gasteiger partial charge in [-0.25, -0.2) is 4.39 Å². The van der Waals surface area contributed by atoms with Gasteiger partial charge in [-0.05, 0) is 38.6 Å². The van der Waals surface area contributed by atoms with Gasteiger partial charge < -0.3 is 19.4 Å². The Morgan fingerprint density at radius 1 is 1.16 bits per heavy atom. The van der Waals surface area contributed by atoms with Crippen LogP contribution in [0.5, 0.6) is 0 Å². The van der Waals surface area contributed by atoms with Crippen LogP contribution in [0.4, 0.5) is 10.1 Å². The monoisotopic (exact) mass is 349 g/mol. The summed E-state index contributed by atoms with van der Waals surface area (Å²) in [6.45, 7) is 11.7. The number of carbonyl (C=O) groups excluding carboxylic acids is 1. The van der Waals surface area contributed by atoms with E-state index in [9.17, 15) is 9.18 Å². The Kier molecular flexibility index (Phi) is 5.59. The lowest BCUT2D eigenvalue weighted by Gasteiger charge is -2.36. The second-order valence-electron chi connectivity index (χ2n) is 7.05. The number of piperazine rings is 1. The number of anilines is 1. The van der Waals surface area contributed by atoms with Crippen molar-refractivity contribution in [2.24, 2.45) is 0 Å². The van der Waals surface area contributed by atoms with Crippen molar-refractivity contribution in [3.8, 4) is 0 Å². The third-order valence-corrected chi connectivity index (χ3v) is 5.06. The second kappa shape index (κ2) is 7.70. The first kappa shape index (κ1) is 18.1. The first-order valence-corrected chi connectivity index (χ1v) is 9.19. The molecule has 138 valence electrons. The van der Waals surface area contributed by atoms with Gasteiger partial charge in [0.25, 0.3) is 5.91 Å². The van der Waals surface area contributed by atoms with Crippen LogP contribution in [0, 0.1) is 5.82 Å². The van der Waals surface area contributed by atoms with Crippen LogP contribution in [0.1, 0.15) is 31.1 Å². The number of benzene rings is 1. The molecule has 2 aliphatic rings. The Morgan fingerprint density at radius 2 is 1.80 bits per heavy atom. The molecule has 0 spiro atoms. The van der Waals surface area contributed by atoms with Gasteiger partial charge in [-0.3, -0.25) is 4.79 Å². The van der Waals surface area contributed by atoms with Gasteiger partial charge >= 0.3 is 0 Å². The molecule has 1 aromatic carbocycles. The van der Waals surface area contributed by atoms with Crippen LogP contribution in [0.3, 0.4) is 0 Å². The molecule has 2 fully saturated rings. The van der Waals surface area contributed by atoms with Gasteiger partial charge in [-0.2, -0.15) is 0 Å². The molecule has 0 aliphatic carbocycles. The molecule has 6 heteroatoms. The molecule has 2 atom stereocenters. The SMILES string of the molecule is CCN1CCN(c2ccc(C(=O)N3C[C@@H](C)O[C@@H](C)C3)cc2F)CC1. The molecular formula is C19H28FN3O2. The molecule has 2 heterocycles. The number of halogens is 1. The fourth-order valence-corrected chi connectivity index (χ4v) is 3.73. The zero-order chi connectivity index (χ0) is 18.0. The average Bonchev–Trinajstić information content (AvgIpc) is 2.60. The van der Waals surface area contributed by atoms with Crippen molar-refractivity contribution in [2.75, 3.05) is 50.7 Å². The number of rotatable bonds is 3. The lowest BCUT2D eigenvalue weighted by Crippen LogP contribution is -2.48. The molecule has 0 N–H and O–H groups in total. The maximum Gasteiger partial charge on any atom is 0.254 e. The molecule has 1 amide bonds. The number of hydrogen-bond donors (Lipinski definition) is 0. The summed E-state index contributed by atoms with van der Waals surface area (Å²) in [5.41, 5.74) is 1.01. The lowest BCUT2D eigenvalue weighted by atomic mass is 10.1. The number of nitrogens with zero attached hydrogens (tertiary/aromatic N) is 3. The summed E-state index contributed by atoms with van der Waals surface area (Å²) in [5.74, 6) is -0.437. The molecule has 3 rings (SSSR count). The minimum Gasteiger partial charge on any atom is -0.372 e. The molecule has 2 aliphatic heterocycles. The number of amides is 1. The van der Waals surface area contributed by atoms with Crippen LogP contribution >= 0.6 is 0 Å². The molecule has 0 radical (unpaired) electrons. The highest BCUT2D eigenvalue weighted by atomic mass is 19.1. The van der Waals surface area contributed by atoms with Gasteiger partial charge in [-0.1, -0.05) is 6.92 Å². The number of likely N-dealkylation sites (N-methyl/N-ethyl adjacent to an activating group) is 1. The molecule has 0 aromatic heterocycles. The van der Waals surface area contributed by atoms with Crippen molar-refractivity contribution in [3.63, 3.8) is 0 Å². The van der Waals surface area contributed by atoms with E-state index < -0.39 is 0 Å². The summed E-state index contributed by atoms with van der Waals surface area (Å²) in [4.78, 5) is 18.9. The van der Waals surface area contributed by atoms with Crippen LogP contribution in [0.25, 0.3) is 0 Å². The fourth-order valence-electron chi connectivity index (χ4n) is 3.73. The summed E-state index contributed by atoms with van der Waals surface area (Å²) in [6.07, 6.45) is 0.0124. The molecule has 0 unspecified atom stereocenters. The van der Waals surface area contributed by atoms with Crippen LogP contribution in [0.2, 0.25) is 0 Å². The zero-order valence-corrected chi connectivity index (χ0v) is 15.4. The minimum absolute atomic E-state index is 0.00619. The summed E-state index contributed by atoms with van der Waals surface area (Å²) < 4.78 is 20.3. The third kappa shape index (κ3) is 4.12. The molecular weight excluding hydrogens is 321 g/mol. The van der Waals surface area contributed by atoms with Crippen molar-refractivity contribution in [1.29, 1.82) is 0 Å². The highest BCUT2D eigenvalue weighted by molar-refractivity contribution is 5.94. The normalized spacial score (nSPS) is 25.3. The van der Waals surface area contributed by atoms with Crippen molar-refractivity contribution < 1.29 is 13.9 Å². The van der Waals surface area contributed by atoms with E-state index in [0.717, 1.165) is 32.7 Å². The molecule has 0 bridgehead atoms. The summed E-state index contributed by atoms with van der Waals surface area (Å²) in [6, 6.07) is 4.88. The Labute approximate surface area is 149 Å². The highest BCUT2D eigenvalue weighted by Gasteiger charge is 2.27. The minimum atomic E-state index is -0.315. The van der Waals surface area contributed by atoms with Crippen molar-refractivity contribution in [1.82, 2.24) is 9.80 Å². The van der Waals surface area contributed by atoms with E-state index in [1.165, 1.54) is 6.07 Å². The second-order valence-corrected chi connectivity index (χ2v) is 7.05. The Bertz CT molecular complexity index is 607. The maximum absolute atomic E-state index is 14.6. The van der Waals surface area contributed by atoms with E-state index in [4.69, 9.17) is 4.74 Å². The van der Waals surface area contributed by atoms with Crippen molar-refractivity contribution >= 4 is 11.6 Å². The van der Waals surface area contributed by atoms with Gasteiger partial charge in [0.15, 0.2) is 0 Å². The van der Waals surface area contributed by atoms with E-state index in [1.807, 2.05) is 13.8 Å². The molecule has 0 saturated carbocycles. The van der Waals surface area contributed by atoms with Crippen LogP contribution < -0.4 is 4.90 Å². The third-order valence-electron chi connectivity index (χ3n) is 5.06. The predicted octanol–water partition coefficient (Wildman–Crippen LogP) is 2.22. The highest BCUT2D eigenvalue weighted by Crippen LogP contribution is 2.23. The van der Waals surface area contributed by atoms with Crippen molar-refractivity contribution in [3.05, 3.63) is 29.6 Å². The van der Waals surface area contributed by atoms with Gasteiger partial charge in [0.1, 0.15) is 5.82 Å². The van der Waals surface area contributed by atoms with Crippen LogP contribution in [-0.4, -0.2) is 73.7 Å². The van der Waals surface area contributed by atoms with E-state index >= 15 is 0 Å².